The van der Waals surface area contributed by atoms with E-state index in [2.05, 4.69) is 17.2 Å². The molecule has 7 nitrogen and oxygen atoms in total. The quantitative estimate of drug-likeness (QED) is 0.477. The molecule has 0 radical (unpaired) electrons. The molecule has 2 aromatic carbocycles. The van der Waals surface area contributed by atoms with Crippen LogP contribution in [0.3, 0.4) is 0 Å². The number of carbonyl (C=O) groups excluding carboxylic acids is 1. The third kappa shape index (κ3) is 4.59. The van der Waals surface area contributed by atoms with Gasteiger partial charge in [-0.15, -0.1) is 0 Å². The highest BCUT2D eigenvalue weighted by atomic mass is 35.5. The zero-order valence-corrected chi connectivity index (χ0v) is 21.4. The van der Waals surface area contributed by atoms with Gasteiger partial charge in [0, 0.05) is 49.3 Å². The summed E-state index contributed by atoms with van der Waals surface area (Å²) in [5.74, 6) is 2.06. The summed E-state index contributed by atoms with van der Waals surface area (Å²) in [6.45, 7) is 2.16. The summed E-state index contributed by atoms with van der Waals surface area (Å²) in [6, 6.07) is 7.57. The van der Waals surface area contributed by atoms with Crippen molar-refractivity contribution in [3.63, 3.8) is 0 Å². The molecule has 1 N–H and O–H groups in total. The first-order valence-electron chi connectivity index (χ1n) is 11.1. The Balaban J connectivity index is 1.61. The van der Waals surface area contributed by atoms with Crippen LogP contribution in [0.1, 0.15) is 19.8 Å². The number of benzene rings is 2. The van der Waals surface area contributed by atoms with Gasteiger partial charge in [0.15, 0.2) is 0 Å². The van der Waals surface area contributed by atoms with E-state index in [1.165, 1.54) is 0 Å². The molecule has 9 heteroatoms. The molecule has 1 amide bonds. The Labute approximate surface area is 209 Å². The minimum Gasteiger partial charge on any atom is -0.495 e. The number of nitrogens with one attached hydrogen (secondary N) is 1. The molecular weight excluding hydrogens is 475 g/mol. The van der Waals surface area contributed by atoms with Gasteiger partial charge < -0.3 is 19.7 Å². The first kappa shape index (κ1) is 24.4. The summed E-state index contributed by atoms with van der Waals surface area (Å²) >= 11 is 13.2. The summed E-state index contributed by atoms with van der Waals surface area (Å²) in [5, 5.41) is 5.09. The highest BCUT2D eigenvalue weighted by molar-refractivity contribution is 6.41. The van der Waals surface area contributed by atoms with E-state index in [-0.39, 0.29) is 17.9 Å². The minimum absolute atomic E-state index is 0.0277. The van der Waals surface area contributed by atoms with Crippen LogP contribution in [0.4, 0.5) is 5.95 Å². The van der Waals surface area contributed by atoms with Crippen molar-refractivity contribution in [2.45, 2.75) is 25.8 Å². The molecule has 0 bridgehead atoms. The number of ether oxygens (including phenoxy) is 2. The van der Waals surface area contributed by atoms with Gasteiger partial charge >= 0.3 is 0 Å². The van der Waals surface area contributed by atoms with Crippen molar-refractivity contribution in [2.75, 3.05) is 33.6 Å². The van der Waals surface area contributed by atoms with Gasteiger partial charge in [-0.05, 0) is 36.5 Å². The molecule has 0 saturated heterocycles. The van der Waals surface area contributed by atoms with Gasteiger partial charge in [0.2, 0.25) is 11.9 Å². The topological polar surface area (TPSA) is 76.6 Å². The third-order valence-electron chi connectivity index (χ3n) is 6.43. The Bertz CT molecular complexity index is 1210. The molecule has 1 aromatic heterocycles. The van der Waals surface area contributed by atoms with Crippen molar-refractivity contribution >= 4 is 46.0 Å². The first-order valence-corrected chi connectivity index (χ1v) is 11.8. The van der Waals surface area contributed by atoms with Crippen LogP contribution in [-0.4, -0.2) is 55.1 Å². The Morgan fingerprint density at radius 2 is 1.76 bits per heavy atom. The molecule has 34 heavy (non-hydrogen) atoms. The lowest BCUT2D eigenvalue weighted by Crippen LogP contribution is -2.29. The minimum atomic E-state index is 0.0277. The highest BCUT2D eigenvalue weighted by Gasteiger charge is 2.36. The van der Waals surface area contributed by atoms with Crippen LogP contribution in [0, 0.1) is 11.8 Å². The monoisotopic (exact) mass is 502 g/mol. The van der Waals surface area contributed by atoms with E-state index in [0.717, 1.165) is 29.3 Å². The number of aromatic nitrogens is 2. The van der Waals surface area contributed by atoms with E-state index in [1.807, 2.05) is 18.2 Å². The van der Waals surface area contributed by atoms with Gasteiger partial charge in [0.25, 0.3) is 0 Å². The van der Waals surface area contributed by atoms with Gasteiger partial charge in [0.05, 0.1) is 29.8 Å². The molecule has 3 aromatic rings. The van der Waals surface area contributed by atoms with Crippen LogP contribution in [0.5, 0.6) is 11.5 Å². The van der Waals surface area contributed by atoms with Gasteiger partial charge in [-0.2, -0.15) is 0 Å². The van der Waals surface area contributed by atoms with Crippen LogP contribution in [0.15, 0.2) is 30.5 Å². The second kappa shape index (κ2) is 9.84. The van der Waals surface area contributed by atoms with Gasteiger partial charge in [0.1, 0.15) is 11.5 Å². The van der Waals surface area contributed by atoms with E-state index in [0.29, 0.717) is 39.0 Å². The van der Waals surface area contributed by atoms with Crippen molar-refractivity contribution in [3.05, 3.63) is 40.5 Å². The standard InChI is InChI=1S/C25H28Cl2N4O3/c1-13-8-15(24(32)31(2)3)10-18(13)30-25-28-12-16-9-14(6-7-17(16)29-25)21-22(26)19(33-4)11-20(34-5)23(21)27/h6-7,9,11-13,15,18H,8,10H2,1-5H3,(H,28,29,30)/t13?,15-,18?/m1/s1. The third-order valence-corrected chi connectivity index (χ3v) is 7.18. The number of fused-ring (bicyclic) bond motifs is 1. The maximum absolute atomic E-state index is 12.4. The second-order valence-corrected chi connectivity index (χ2v) is 9.64. The zero-order chi connectivity index (χ0) is 24.6. The molecule has 180 valence electrons. The number of methoxy groups -OCH3 is 2. The van der Waals surface area contributed by atoms with Gasteiger partial charge in [-0.3, -0.25) is 4.79 Å². The number of amides is 1. The number of carbonyl (C=O) groups is 1. The van der Waals surface area contributed by atoms with Crippen molar-refractivity contribution in [2.24, 2.45) is 11.8 Å². The molecule has 1 aliphatic carbocycles. The largest absolute Gasteiger partial charge is 0.495 e. The second-order valence-electron chi connectivity index (χ2n) is 8.88. The number of hydrogen-bond acceptors (Lipinski definition) is 6. The molecule has 3 atom stereocenters. The van der Waals surface area contributed by atoms with Crippen LogP contribution < -0.4 is 14.8 Å². The normalized spacial score (nSPS) is 19.8. The molecule has 1 saturated carbocycles. The molecule has 1 fully saturated rings. The Kier molecular flexibility index (Phi) is 7.05. The maximum Gasteiger partial charge on any atom is 0.225 e. The number of nitrogens with zero attached hydrogens (tertiary/aromatic N) is 3. The van der Waals surface area contributed by atoms with Crippen LogP contribution in [0.2, 0.25) is 10.0 Å². The van der Waals surface area contributed by atoms with Gasteiger partial charge in [-0.1, -0.05) is 36.2 Å². The van der Waals surface area contributed by atoms with Crippen molar-refractivity contribution < 1.29 is 14.3 Å². The summed E-state index contributed by atoms with van der Waals surface area (Å²) in [7, 11) is 6.70. The molecular formula is C25H28Cl2N4O3. The molecule has 0 spiro atoms. The number of halogens is 2. The van der Waals surface area contributed by atoms with Gasteiger partial charge in [-0.25, -0.2) is 9.97 Å². The van der Waals surface area contributed by atoms with Crippen molar-refractivity contribution in [1.29, 1.82) is 0 Å². The molecule has 1 aliphatic rings. The number of hydrogen-bond donors (Lipinski definition) is 1. The number of anilines is 1. The fourth-order valence-electron chi connectivity index (χ4n) is 4.58. The summed E-state index contributed by atoms with van der Waals surface area (Å²) in [4.78, 5) is 23.3. The van der Waals surface area contributed by atoms with E-state index in [4.69, 9.17) is 37.7 Å². The fourth-order valence-corrected chi connectivity index (χ4v) is 5.30. The zero-order valence-electron chi connectivity index (χ0n) is 19.9. The smallest absolute Gasteiger partial charge is 0.225 e. The average molecular weight is 503 g/mol. The Hall–Kier alpha value is -2.77. The Morgan fingerprint density at radius 1 is 1.09 bits per heavy atom. The summed E-state index contributed by atoms with van der Waals surface area (Å²) in [6.07, 6.45) is 3.40. The SMILES string of the molecule is COc1cc(OC)c(Cl)c(-c2ccc3nc(NC4C[C@H](C(=O)N(C)C)CC4C)ncc3c2)c1Cl. The highest BCUT2D eigenvalue weighted by Crippen LogP contribution is 2.46. The van der Waals surface area contributed by atoms with Crippen LogP contribution >= 0.6 is 23.2 Å². The van der Waals surface area contributed by atoms with E-state index >= 15 is 0 Å². The Morgan fingerprint density at radius 3 is 2.38 bits per heavy atom. The molecule has 4 rings (SSSR count). The van der Waals surface area contributed by atoms with E-state index in [1.54, 1.807) is 45.5 Å². The maximum atomic E-state index is 12.4. The summed E-state index contributed by atoms with van der Waals surface area (Å²) in [5.41, 5.74) is 2.22. The lowest BCUT2D eigenvalue weighted by molar-refractivity contribution is -0.132. The van der Waals surface area contributed by atoms with E-state index < -0.39 is 0 Å². The van der Waals surface area contributed by atoms with Crippen molar-refractivity contribution in [3.8, 4) is 22.6 Å². The lowest BCUT2D eigenvalue weighted by atomic mass is 10.0. The first-order chi connectivity index (χ1) is 16.2. The summed E-state index contributed by atoms with van der Waals surface area (Å²) < 4.78 is 10.8. The molecule has 2 unspecified atom stereocenters. The predicted octanol–water partition coefficient (Wildman–Crippen LogP) is 5.54. The van der Waals surface area contributed by atoms with Crippen molar-refractivity contribution in [1.82, 2.24) is 14.9 Å². The molecule has 0 aliphatic heterocycles. The lowest BCUT2D eigenvalue weighted by Gasteiger charge is -2.18. The van der Waals surface area contributed by atoms with E-state index in [9.17, 15) is 4.79 Å². The van der Waals surface area contributed by atoms with Crippen LogP contribution in [-0.2, 0) is 4.79 Å². The molecule has 1 heterocycles. The fraction of sp³-hybridized carbons (Fsp3) is 0.400. The number of rotatable bonds is 6. The average Bonchev–Trinajstić information content (AvgIpc) is 3.18. The van der Waals surface area contributed by atoms with Crippen LogP contribution in [0.25, 0.3) is 22.0 Å². The predicted molar refractivity (Wildman–Crippen MR) is 136 cm³/mol.